The molecule has 0 spiro atoms. The Morgan fingerprint density at radius 2 is 1.79 bits per heavy atom. The van der Waals surface area contributed by atoms with Gasteiger partial charge < -0.3 is 20.1 Å². The smallest absolute Gasteiger partial charge is 0.319 e. The lowest BCUT2D eigenvalue weighted by atomic mass is 10.1. The summed E-state index contributed by atoms with van der Waals surface area (Å²) < 4.78 is 10.5. The summed E-state index contributed by atoms with van der Waals surface area (Å²) in [6.07, 6.45) is 0. The van der Waals surface area contributed by atoms with Crippen LogP contribution in [0.25, 0.3) is 0 Å². The number of nitrogens with one attached hydrogen (secondary N) is 2. The second kappa shape index (κ2) is 8.13. The molecule has 0 bridgehead atoms. The number of anilines is 1. The molecule has 0 heterocycles. The van der Waals surface area contributed by atoms with Gasteiger partial charge in [0.15, 0.2) is 11.5 Å². The highest BCUT2D eigenvalue weighted by atomic mass is 35.5. The van der Waals surface area contributed by atoms with Crippen LogP contribution in [0.2, 0.25) is 10.0 Å². The zero-order valence-electron chi connectivity index (χ0n) is 13.5. The Morgan fingerprint density at radius 1 is 1.08 bits per heavy atom. The summed E-state index contributed by atoms with van der Waals surface area (Å²) in [4.78, 5) is 12.2. The lowest BCUT2D eigenvalue weighted by Crippen LogP contribution is -2.31. The van der Waals surface area contributed by atoms with Crippen molar-refractivity contribution in [2.45, 2.75) is 13.0 Å². The van der Waals surface area contributed by atoms with E-state index in [1.54, 1.807) is 38.5 Å². The van der Waals surface area contributed by atoms with Crippen LogP contribution in [0, 0.1) is 0 Å². The number of hydrogen-bond acceptors (Lipinski definition) is 3. The number of ether oxygens (including phenoxy) is 2. The van der Waals surface area contributed by atoms with Crippen LogP contribution in [0.1, 0.15) is 18.5 Å². The Hall–Kier alpha value is -2.11. The molecule has 7 heteroatoms. The molecule has 2 rings (SSSR count). The van der Waals surface area contributed by atoms with Gasteiger partial charge in [-0.15, -0.1) is 0 Å². The van der Waals surface area contributed by atoms with E-state index in [-0.39, 0.29) is 12.1 Å². The van der Waals surface area contributed by atoms with Crippen molar-refractivity contribution in [1.82, 2.24) is 5.32 Å². The van der Waals surface area contributed by atoms with E-state index in [1.807, 2.05) is 19.1 Å². The standard InChI is InChI=1S/C17H18Cl2N2O3/c1-10(11-7-8-14(23-2)15(9-11)24-3)20-17(22)21-13-6-4-5-12(18)16(13)19/h4-10H,1-3H3,(H2,20,21,22). The molecule has 2 aromatic carbocycles. The maximum Gasteiger partial charge on any atom is 0.319 e. The third-order valence-corrected chi connectivity index (χ3v) is 4.27. The number of rotatable bonds is 5. The first-order valence-corrected chi connectivity index (χ1v) is 7.95. The molecule has 24 heavy (non-hydrogen) atoms. The SMILES string of the molecule is COc1ccc(C(C)NC(=O)Nc2cccc(Cl)c2Cl)cc1OC. The van der Waals surface area contributed by atoms with Gasteiger partial charge in [-0.2, -0.15) is 0 Å². The van der Waals surface area contributed by atoms with Gasteiger partial charge in [-0.05, 0) is 36.8 Å². The first kappa shape index (κ1) is 18.2. The number of hydrogen-bond donors (Lipinski definition) is 2. The molecular formula is C17H18Cl2N2O3. The first-order chi connectivity index (χ1) is 11.5. The van der Waals surface area contributed by atoms with E-state index in [0.29, 0.717) is 27.2 Å². The highest BCUT2D eigenvalue weighted by Crippen LogP contribution is 2.31. The molecule has 0 radical (unpaired) electrons. The van der Waals surface area contributed by atoms with Gasteiger partial charge in [0, 0.05) is 0 Å². The zero-order valence-corrected chi connectivity index (χ0v) is 15.0. The summed E-state index contributed by atoms with van der Waals surface area (Å²) >= 11 is 12.0. The first-order valence-electron chi connectivity index (χ1n) is 7.19. The Bertz CT molecular complexity index is 738. The van der Waals surface area contributed by atoms with E-state index < -0.39 is 0 Å². The van der Waals surface area contributed by atoms with Crippen molar-refractivity contribution in [3.8, 4) is 11.5 Å². The fourth-order valence-corrected chi connectivity index (χ4v) is 2.51. The molecule has 0 saturated heterocycles. The highest BCUT2D eigenvalue weighted by Gasteiger charge is 2.14. The number of methoxy groups -OCH3 is 2. The van der Waals surface area contributed by atoms with Crippen molar-refractivity contribution in [1.29, 1.82) is 0 Å². The van der Waals surface area contributed by atoms with Crippen LogP contribution < -0.4 is 20.1 Å². The maximum atomic E-state index is 12.2. The molecule has 1 atom stereocenters. The van der Waals surface area contributed by atoms with Crippen LogP contribution in [0.3, 0.4) is 0 Å². The van der Waals surface area contributed by atoms with Gasteiger partial charge in [0.2, 0.25) is 0 Å². The number of benzene rings is 2. The van der Waals surface area contributed by atoms with E-state index in [2.05, 4.69) is 10.6 Å². The molecular weight excluding hydrogens is 351 g/mol. The van der Waals surface area contributed by atoms with Crippen molar-refractivity contribution >= 4 is 34.9 Å². The van der Waals surface area contributed by atoms with Gasteiger partial charge in [-0.3, -0.25) is 0 Å². The van der Waals surface area contributed by atoms with Gasteiger partial charge in [-0.1, -0.05) is 35.3 Å². The van der Waals surface area contributed by atoms with E-state index in [4.69, 9.17) is 32.7 Å². The van der Waals surface area contributed by atoms with Crippen molar-refractivity contribution in [3.05, 3.63) is 52.0 Å². The minimum atomic E-state index is -0.388. The number of amides is 2. The van der Waals surface area contributed by atoms with Crippen molar-refractivity contribution in [2.75, 3.05) is 19.5 Å². The lowest BCUT2D eigenvalue weighted by molar-refractivity contribution is 0.249. The van der Waals surface area contributed by atoms with Crippen molar-refractivity contribution < 1.29 is 14.3 Å². The van der Waals surface area contributed by atoms with E-state index in [0.717, 1.165) is 5.56 Å². The van der Waals surface area contributed by atoms with Crippen LogP contribution in [0.4, 0.5) is 10.5 Å². The van der Waals surface area contributed by atoms with Crippen LogP contribution in [-0.2, 0) is 0 Å². The summed E-state index contributed by atoms with van der Waals surface area (Å²) in [6, 6.07) is 9.87. The zero-order chi connectivity index (χ0) is 17.7. The minimum absolute atomic E-state index is 0.247. The molecule has 128 valence electrons. The summed E-state index contributed by atoms with van der Waals surface area (Å²) in [5, 5.41) is 6.19. The van der Waals surface area contributed by atoms with Gasteiger partial charge in [0.05, 0.1) is 36.0 Å². The molecule has 1 unspecified atom stereocenters. The van der Waals surface area contributed by atoms with Crippen LogP contribution >= 0.6 is 23.2 Å². The Labute approximate surface area is 150 Å². The van der Waals surface area contributed by atoms with E-state index in [1.165, 1.54) is 0 Å². The summed E-state index contributed by atoms with van der Waals surface area (Å²) in [5.74, 6) is 1.23. The quantitative estimate of drug-likeness (QED) is 0.789. The van der Waals surface area contributed by atoms with Crippen LogP contribution in [-0.4, -0.2) is 20.3 Å². The van der Waals surface area contributed by atoms with Crippen molar-refractivity contribution in [3.63, 3.8) is 0 Å². The number of carbonyl (C=O) groups excluding carboxylic acids is 1. The van der Waals surface area contributed by atoms with Crippen molar-refractivity contribution in [2.24, 2.45) is 0 Å². The predicted octanol–water partition coefficient (Wildman–Crippen LogP) is 4.89. The average molecular weight is 369 g/mol. The molecule has 0 aliphatic heterocycles. The van der Waals surface area contributed by atoms with Gasteiger partial charge in [0.25, 0.3) is 0 Å². The molecule has 0 aliphatic rings. The molecule has 0 aliphatic carbocycles. The van der Waals surface area contributed by atoms with Gasteiger partial charge in [0.1, 0.15) is 0 Å². The maximum absolute atomic E-state index is 12.2. The van der Waals surface area contributed by atoms with E-state index >= 15 is 0 Å². The van der Waals surface area contributed by atoms with E-state index in [9.17, 15) is 4.79 Å². The Kier molecular flexibility index (Phi) is 6.17. The second-order valence-electron chi connectivity index (χ2n) is 5.04. The summed E-state index contributed by atoms with van der Waals surface area (Å²) in [6.45, 7) is 1.86. The Morgan fingerprint density at radius 3 is 2.46 bits per heavy atom. The molecule has 0 fully saturated rings. The third kappa shape index (κ3) is 4.24. The fourth-order valence-electron chi connectivity index (χ4n) is 2.16. The number of halogens is 2. The van der Waals surface area contributed by atoms with Gasteiger partial charge in [-0.25, -0.2) is 4.79 Å². The second-order valence-corrected chi connectivity index (χ2v) is 5.82. The van der Waals surface area contributed by atoms with Crippen LogP contribution in [0.15, 0.2) is 36.4 Å². The topological polar surface area (TPSA) is 59.6 Å². The lowest BCUT2D eigenvalue weighted by Gasteiger charge is -2.17. The normalized spacial score (nSPS) is 11.5. The molecule has 5 nitrogen and oxygen atoms in total. The van der Waals surface area contributed by atoms with Crippen LogP contribution in [0.5, 0.6) is 11.5 Å². The molecule has 2 N–H and O–H groups in total. The Balaban J connectivity index is 2.07. The molecule has 0 aromatic heterocycles. The molecule has 2 amide bonds. The number of urea groups is 1. The monoisotopic (exact) mass is 368 g/mol. The predicted molar refractivity (Wildman–Crippen MR) is 96.6 cm³/mol. The summed E-state index contributed by atoms with van der Waals surface area (Å²) in [7, 11) is 3.13. The third-order valence-electron chi connectivity index (χ3n) is 3.45. The fraction of sp³-hybridized carbons (Fsp3) is 0.235. The van der Waals surface area contributed by atoms with Gasteiger partial charge >= 0.3 is 6.03 Å². The molecule has 0 saturated carbocycles. The summed E-state index contributed by atoms with van der Waals surface area (Å²) in [5.41, 5.74) is 1.32. The number of carbonyl (C=O) groups is 1. The molecule has 2 aromatic rings. The largest absolute Gasteiger partial charge is 0.493 e. The minimum Gasteiger partial charge on any atom is -0.493 e. The average Bonchev–Trinajstić information content (AvgIpc) is 2.58. The highest BCUT2D eigenvalue weighted by molar-refractivity contribution is 6.43.